The summed E-state index contributed by atoms with van der Waals surface area (Å²) in [7, 11) is 0. The summed E-state index contributed by atoms with van der Waals surface area (Å²) in [4.78, 5) is 28.5. The standard InChI is InChI=1S/C26H21ClN4O4/c27-21-15-20(12-13-22(21)32)24(33)31-29-16-18-10-8-17(9-11-18)5-4-14-28-26-30-25(34)23(35-26)19-6-2-1-3-7-19/h1-13,15-16,23,32H,14H2,(H,31,33)(H,28,30,34)/b5-4+,29-16+. The second kappa shape index (κ2) is 11.1. The molecule has 1 heterocycles. The number of halogens is 1. The fraction of sp³-hybridized carbons (Fsp3) is 0.0769. The highest BCUT2D eigenvalue weighted by molar-refractivity contribution is 6.32. The Morgan fingerprint density at radius 3 is 2.57 bits per heavy atom. The normalized spacial score (nSPS) is 16.5. The summed E-state index contributed by atoms with van der Waals surface area (Å²) in [6.07, 6.45) is 4.58. The molecule has 1 saturated heterocycles. The van der Waals surface area contributed by atoms with Gasteiger partial charge in [0, 0.05) is 11.1 Å². The average molecular weight is 489 g/mol. The average Bonchev–Trinajstić information content (AvgIpc) is 3.25. The predicted molar refractivity (Wildman–Crippen MR) is 134 cm³/mol. The zero-order chi connectivity index (χ0) is 24.6. The van der Waals surface area contributed by atoms with Gasteiger partial charge < -0.3 is 9.84 Å². The molecule has 0 radical (unpaired) electrons. The van der Waals surface area contributed by atoms with Crippen molar-refractivity contribution >= 4 is 41.7 Å². The highest BCUT2D eigenvalue weighted by Crippen LogP contribution is 2.23. The van der Waals surface area contributed by atoms with Crippen LogP contribution in [0.15, 0.2) is 89.0 Å². The Balaban J connectivity index is 1.26. The number of aromatic hydroxyl groups is 1. The van der Waals surface area contributed by atoms with Crippen molar-refractivity contribution in [3.63, 3.8) is 0 Å². The smallest absolute Gasteiger partial charge is 0.292 e. The SMILES string of the molecule is O=C(N/N=C/c1ccc(/C=C/CN=C2NC(=O)C(c3ccccc3)O2)cc1)c1ccc(O)c(Cl)c1. The van der Waals surface area contributed by atoms with E-state index in [0.29, 0.717) is 6.54 Å². The maximum Gasteiger partial charge on any atom is 0.292 e. The molecule has 0 saturated carbocycles. The number of nitrogens with zero attached hydrogens (tertiary/aromatic N) is 2. The molecule has 2 amide bonds. The summed E-state index contributed by atoms with van der Waals surface area (Å²) < 4.78 is 5.61. The van der Waals surface area contributed by atoms with Gasteiger partial charge in [-0.1, -0.05) is 78.4 Å². The van der Waals surface area contributed by atoms with Gasteiger partial charge in [0.2, 0.25) is 6.10 Å². The molecule has 1 fully saturated rings. The number of carbonyl (C=O) groups is 2. The lowest BCUT2D eigenvalue weighted by Crippen LogP contribution is -2.22. The summed E-state index contributed by atoms with van der Waals surface area (Å²) in [5, 5.41) is 16.1. The first-order valence-corrected chi connectivity index (χ1v) is 11.0. The highest BCUT2D eigenvalue weighted by Gasteiger charge is 2.31. The van der Waals surface area contributed by atoms with Crippen molar-refractivity contribution in [2.45, 2.75) is 6.10 Å². The van der Waals surface area contributed by atoms with E-state index in [4.69, 9.17) is 16.3 Å². The number of carbonyl (C=O) groups excluding carboxylic acids is 2. The molecule has 1 aliphatic rings. The Labute approximate surface area is 206 Å². The summed E-state index contributed by atoms with van der Waals surface area (Å²) in [6, 6.07) is 21.1. The van der Waals surface area contributed by atoms with Crippen molar-refractivity contribution < 1.29 is 19.4 Å². The van der Waals surface area contributed by atoms with Gasteiger partial charge in [0.25, 0.3) is 17.8 Å². The number of nitrogens with one attached hydrogen (secondary N) is 2. The second-order valence-corrected chi connectivity index (χ2v) is 7.89. The fourth-order valence-corrected chi connectivity index (χ4v) is 3.37. The third-order valence-electron chi connectivity index (χ3n) is 4.98. The lowest BCUT2D eigenvalue weighted by molar-refractivity contribution is -0.123. The molecule has 3 aromatic rings. The number of amidine groups is 1. The number of hydrazone groups is 1. The van der Waals surface area contributed by atoms with E-state index in [1.54, 1.807) is 0 Å². The largest absolute Gasteiger partial charge is 0.506 e. The summed E-state index contributed by atoms with van der Waals surface area (Å²) in [5.41, 5.74) is 5.21. The first kappa shape index (κ1) is 23.7. The summed E-state index contributed by atoms with van der Waals surface area (Å²) in [6.45, 7) is 0.341. The molecule has 3 N–H and O–H groups in total. The summed E-state index contributed by atoms with van der Waals surface area (Å²) >= 11 is 5.81. The second-order valence-electron chi connectivity index (χ2n) is 7.48. The van der Waals surface area contributed by atoms with E-state index in [1.165, 1.54) is 24.4 Å². The lowest BCUT2D eigenvalue weighted by atomic mass is 10.1. The molecule has 1 aliphatic heterocycles. The third kappa shape index (κ3) is 6.33. The Hall–Kier alpha value is -4.43. The van der Waals surface area contributed by atoms with Crippen molar-refractivity contribution in [1.82, 2.24) is 10.7 Å². The molecule has 176 valence electrons. The molecule has 4 rings (SSSR count). The van der Waals surface area contributed by atoms with Crippen molar-refractivity contribution in [3.05, 3.63) is 106 Å². The van der Waals surface area contributed by atoms with E-state index in [1.807, 2.05) is 66.7 Å². The van der Waals surface area contributed by atoms with Gasteiger partial charge in [-0.2, -0.15) is 5.10 Å². The van der Waals surface area contributed by atoms with Crippen LogP contribution in [0.3, 0.4) is 0 Å². The number of phenolic OH excluding ortho intramolecular Hbond substituents is 1. The molecule has 3 aromatic carbocycles. The van der Waals surface area contributed by atoms with Gasteiger partial charge in [-0.25, -0.2) is 10.4 Å². The minimum atomic E-state index is -0.684. The Morgan fingerprint density at radius 1 is 1.09 bits per heavy atom. The molecule has 1 unspecified atom stereocenters. The molecule has 1 atom stereocenters. The van der Waals surface area contributed by atoms with Gasteiger partial charge in [-0.3, -0.25) is 14.9 Å². The van der Waals surface area contributed by atoms with Crippen LogP contribution >= 0.6 is 11.6 Å². The molecule has 0 aliphatic carbocycles. The maximum absolute atomic E-state index is 12.1. The van der Waals surface area contributed by atoms with Crippen molar-refractivity contribution in [1.29, 1.82) is 0 Å². The van der Waals surface area contributed by atoms with Crippen LogP contribution in [0.2, 0.25) is 5.02 Å². The van der Waals surface area contributed by atoms with E-state index in [-0.39, 0.29) is 28.3 Å². The van der Waals surface area contributed by atoms with Crippen LogP contribution in [0, 0.1) is 0 Å². The Morgan fingerprint density at radius 2 is 1.83 bits per heavy atom. The predicted octanol–water partition coefficient (Wildman–Crippen LogP) is 4.07. The van der Waals surface area contributed by atoms with E-state index < -0.39 is 12.0 Å². The number of ether oxygens (including phenoxy) is 1. The van der Waals surface area contributed by atoms with Crippen LogP contribution in [0.4, 0.5) is 0 Å². The lowest BCUT2D eigenvalue weighted by Gasteiger charge is -2.06. The molecule has 0 aromatic heterocycles. The van der Waals surface area contributed by atoms with Gasteiger partial charge in [0.1, 0.15) is 5.75 Å². The molecule has 35 heavy (non-hydrogen) atoms. The quantitative estimate of drug-likeness (QED) is 0.344. The first-order chi connectivity index (χ1) is 17.0. The highest BCUT2D eigenvalue weighted by atomic mass is 35.5. The molecule has 9 heteroatoms. The van der Waals surface area contributed by atoms with E-state index >= 15 is 0 Å². The number of phenols is 1. The molecule has 0 bridgehead atoms. The van der Waals surface area contributed by atoms with Gasteiger partial charge in [-0.15, -0.1) is 0 Å². The van der Waals surface area contributed by atoms with Crippen molar-refractivity contribution in [2.24, 2.45) is 10.1 Å². The number of hydrogen-bond donors (Lipinski definition) is 3. The Kier molecular flexibility index (Phi) is 7.54. The van der Waals surface area contributed by atoms with E-state index in [9.17, 15) is 14.7 Å². The number of benzene rings is 3. The van der Waals surface area contributed by atoms with E-state index in [0.717, 1.165) is 16.7 Å². The number of hydrogen-bond acceptors (Lipinski definition) is 6. The van der Waals surface area contributed by atoms with E-state index in [2.05, 4.69) is 20.8 Å². The third-order valence-corrected chi connectivity index (χ3v) is 5.28. The number of rotatable bonds is 7. The molecule has 0 spiro atoms. The van der Waals surface area contributed by atoms with Gasteiger partial charge in [0.05, 0.1) is 17.8 Å². The van der Waals surface area contributed by atoms with Crippen LogP contribution in [0.1, 0.15) is 33.2 Å². The number of aliphatic imine (C=N–C) groups is 1. The van der Waals surface area contributed by atoms with Crippen LogP contribution in [-0.2, 0) is 9.53 Å². The van der Waals surface area contributed by atoms with Crippen molar-refractivity contribution in [3.8, 4) is 5.75 Å². The van der Waals surface area contributed by atoms with Gasteiger partial charge in [0.15, 0.2) is 0 Å². The molecular formula is C26H21ClN4O4. The number of amides is 2. The van der Waals surface area contributed by atoms with Crippen LogP contribution in [-0.4, -0.2) is 35.7 Å². The van der Waals surface area contributed by atoms with Gasteiger partial charge in [-0.05, 0) is 29.3 Å². The Bertz CT molecular complexity index is 1300. The first-order valence-electron chi connectivity index (χ1n) is 10.6. The minimum absolute atomic E-state index is 0.0913. The molecular weight excluding hydrogens is 468 g/mol. The topological polar surface area (TPSA) is 112 Å². The van der Waals surface area contributed by atoms with Crippen LogP contribution in [0.5, 0.6) is 5.75 Å². The van der Waals surface area contributed by atoms with Gasteiger partial charge >= 0.3 is 0 Å². The fourth-order valence-electron chi connectivity index (χ4n) is 3.19. The van der Waals surface area contributed by atoms with Crippen LogP contribution in [0.25, 0.3) is 6.08 Å². The zero-order valence-electron chi connectivity index (χ0n) is 18.4. The zero-order valence-corrected chi connectivity index (χ0v) is 19.1. The monoisotopic (exact) mass is 488 g/mol. The summed E-state index contributed by atoms with van der Waals surface area (Å²) in [5.74, 6) is -0.773. The minimum Gasteiger partial charge on any atom is -0.506 e. The maximum atomic E-state index is 12.1. The molecule has 8 nitrogen and oxygen atoms in total. The van der Waals surface area contributed by atoms with Crippen molar-refractivity contribution in [2.75, 3.05) is 6.54 Å². The van der Waals surface area contributed by atoms with Crippen LogP contribution < -0.4 is 10.7 Å².